The van der Waals surface area contributed by atoms with Gasteiger partial charge in [0.2, 0.25) is 0 Å². The van der Waals surface area contributed by atoms with Crippen molar-refractivity contribution >= 4 is 27.5 Å². The standard InChI is InChI=1S/C18H16BrF3N2O/c19-15-7-12(20)1-3-14(15)18(25)23-9-11-5-6-24(10-11)13-2-4-16(21)17(22)8-13/h1-4,7-8,11H,5-6,9-10H2,(H,23,25). The van der Waals surface area contributed by atoms with Crippen molar-refractivity contribution in [2.45, 2.75) is 6.42 Å². The highest BCUT2D eigenvalue weighted by Gasteiger charge is 2.24. The molecule has 1 aliphatic heterocycles. The molecule has 7 heteroatoms. The second-order valence-electron chi connectivity index (χ2n) is 6.03. The highest BCUT2D eigenvalue weighted by Crippen LogP contribution is 2.25. The van der Waals surface area contributed by atoms with Crippen LogP contribution in [-0.2, 0) is 0 Å². The van der Waals surface area contributed by atoms with Crippen molar-refractivity contribution in [1.29, 1.82) is 0 Å². The summed E-state index contributed by atoms with van der Waals surface area (Å²) < 4.78 is 39.9. The van der Waals surface area contributed by atoms with Gasteiger partial charge >= 0.3 is 0 Å². The summed E-state index contributed by atoms with van der Waals surface area (Å²) in [6.07, 6.45) is 0.837. The van der Waals surface area contributed by atoms with Crippen LogP contribution < -0.4 is 10.2 Å². The molecular weight excluding hydrogens is 397 g/mol. The van der Waals surface area contributed by atoms with Gasteiger partial charge in [-0.2, -0.15) is 0 Å². The molecule has 2 aromatic carbocycles. The summed E-state index contributed by atoms with van der Waals surface area (Å²) in [4.78, 5) is 14.2. The minimum absolute atomic E-state index is 0.205. The first-order chi connectivity index (χ1) is 11.9. The van der Waals surface area contributed by atoms with E-state index in [1.54, 1.807) is 6.07 Å². The fourth-order valence-corrected chi connectivity index (χ4v) is 3.45. The molecular formula is C18H16BrF3N2O. The molecule has 1 heterocycles. The van der Waals surface area contributed by atoms with Crippen LogP contribution in [0.1, 0.15) is 16.8 Å². The van der Waals surface area contributed by atoms with Crippen molar-refractivity contribution in [1.82, 2.24) is 5.32 Å². The molecule has 0 aliphatic carbocycles. The molecule has 3 nitrogen and oxygen atoms in total. The third kappa shape index (κ3) is 4.15. The quantitative estimate of drug-likeness (QED) is 0.818. The predicted molar refractivity (Wildman–Crippen MR) is 93.1 cm³/mol. The summed E-state index contributed by atoms with van der Waals surface area (Å²) >= 11 is 3.18. The van der Waals surface area contributed by atoms with Gasteiger partial charge in [-0.1, -0.05) is 0 Å². The largest absolute Gasteiger partial charge is 0.371 e. The molecule has 0 radical (unpaired) electrons. The Morgan fingerprint density at radius 3 is 2.68 bits per heavy atom. The van der Waals surface area contributed by atoms with Gasteiger partial charge in [0.1, 0.15) is 5.82 Å². The van der Waals surface area contributed by atoms with Gasteiger partial charge < -0.3 is 10.2 Å². The van der Waals surface area contributed by atoms with E-state index in [-0.39, 0.29) is 11.8 Å². The van der Waals surface area contributed by atoms with Gasteiger partial charge in [0.15, 0.2) is 11.6 Å². The van der Waals surface area contributed by atoms with Crippen LogP contribution in [0.5, 0.6) is 0 Å². The van der Waals surface area contributed by atoms with E-state index in [1.807, 2.05) is 4.90 Å². The van der Waals surface area contributed by atoms with Crippen LogP contribution in [0.25, 0.3) is 0 Å². The molecule has 1 unspecified atom stereocenters. The smallest absolute Gasteiger partial charge is 0.252 e. The molecule has 0 bridgehead atoms. The molecule has 1 saturated heterocycles. The minimum Gasteiger partial charge on any atom is -0.371 e. The first kappa shape index (κ1) is 17.8. The second-order valence-corrected chi connectivity index (χ2v) is 6.89. The van der Waals surface area contributed by atoms with E-state index in [2.05, 4.69) is 21.2 Å². The molecule has 132 valence electrons. The summed E-state index contributed by atoms with van der Waals surface area (Å²) in [5.74, 6) is -2.22. The fourth-order valence-electron chi connectivity index (χ4n) is 2.92. The van der Waals surface area contributed by atoms with Crippen molar-refractivity contribution < 1.29 is 18.0 Å². The van der Waals surface area contributed by atoms with Gasteiger partial charge in [0.05, 0.1) is 5.56 Å². The lowest BCUT2D eigenvalue weighted by molar-refractivity contribution is 0.0947. The van der Waals surface area contributed by atoms with E-state index in [4.69, 9.17) is 0 Å². The number of carbonyl (C=O) groups is 1. The molecule has 3 rings (SSSR count). The molecule has 1 amide bonds. The predicted octanol–water partition coefficient (Wildman–Crippen LogP) is 4.12. The van der Waals surface area contributed by atoms with Gasteiger partial charge in [0, 0.05) is 35.9 Å². The highest BCUT2D eigenvalue weighted by molar-refractivity contribution is 9.10. The summed E-state index contributed by atoms with van der Waals surface area (Å²) in [6.45, 7) is 1.82. The lowest BCUT2D eigenvalue weighted by Crippen LogP contribution is -2.31. The molecule has 1 atom stereocenters. The zero-order valence-electron chi connectivity index (χ0n) is 13.2. The van der Waals surface area contributed by atoms with Crippen LogP contribution >= 0.6 is 15.9 Å². The Balaban J connectivity index is 1.56. The lowest BCUT2D eigenvalue weighted by Gasteiger charge is -2.19. The summed E-state index contributed by atoms with van der Waals surface area (Å²) in [7, 11) is 0. The first-order valence-electron chi connectivity index (χ1n) is 7.87. The lowest BCUT2D eigenvalue weighted by atomic mass is 10.1. The van der Waals surface area contributed by atoms with Crippen molar-refractivity contribution in [3.05, 3.63) is 63.9 Å². The summed E-state index contributed by atoms with van der Waals surface area (Å²) in [6, 6.07) is 7.76. The zero-order valence-corrected chi connectivity index (χ0v) is 14.8. The van der Waals surface area contributed by atoms with Crippen LogP contribution in [0.2, 0.25) is 0 Å². The summed E-state index contributed by atoms with van der Waals surface area (Å²) in [5, 5.41) is 2.84. The zero-order chi connectivity index (χ0) is 18.0. The third-order valence-electron chi connectivity index (χ3n) is 4.28. The van der Waals surface area contributed by atoms with Gasteiger partial charge in [-0.25, -0.2) is 13.2 Å². The number of rotatable bonds is 4. The van der Waals surface area contributed by atoms with Crippen LogP contribution in [0.15, 0.2) is 40.9 Å². The van der Waals surface area contributed by atoms with Crippen LogP contribution in [0.3, 0.4) is 0 Å². The Kier molecular flexibility index (Phi) is 5.32. The van der Waals surface area contributed by atoms with Gasteiger partial charge in [-0.3, -0.25) is 4.79 Å². The van der Waals surface area contributed by atoms with E-state index in [9.17, 15) is 18.0 Å². The monoisotopic (exact) mass is 412 g/mol. The van der Waals surface area contributed by atoms with Crippen molar-refractivity contribution in [3.63, 3.8) is 0 Å². The first-order valence-corrected chi connectivity index (χ1v) is 8.66. The maximum absolute atomic E-state index is 13.3. The summed E-state index contributed by atoms with van der Waals surface area (Å²) in [5.41, 5.74) is 1.01. The SMILES string of the molecule is O=C(NCC1CCN(c2ccc(F)c(F)c2)C1)c1ccc(F)cc1Br. The second kappa shape index (κ2) is 7.47. The Morgan fingerprint density at radius 1 is 1.16 bits per heavy atom. The van der Waals surface area contributed by atoms with E-state index in [0.29, 0.717) is 35.4 Å². The number of nitrogens with one attached hydrogen (secondary N) is 1. The van der Waals surface area contributed by atoms with Crippen molar-refractivity contribution in [2.24, 2.45) is 5.92 Å². The fraction of sp³-hybridized carbons (Fsp3) is 0.278. The number of amides is 1. The Bertz CT molecular complexity index is 800. The average Bonchev–Trinajstić information content (AvgIpc) is 3.04. The van der Waals surface area contributed by atoms with Gasteiger partial charge in [-0.15, -0.1) is 0 Å². The number of anilines is 1. The number of hydrogen-bond donors (Lipinski definition) is 1. The highest BCUT2D eigenvalue weighted by atomic mass is 79.9. The normalized spacial score (nSPS) is 17.0. The molecule has 2 aromatic rings. The van der Waals surface area contributed by atoms with Crippen molar-refractivity contribution in [2.75, 3.05) is 24.5 Å². The molecule has 1 fully saturated rings. The maximum atomic E-state index is 13.3. The number of halogens is 4. The molecule has 0 saturated carbocycles. The molecule has 25 heavy (non-hydrogen) atoms. The minimum atomic E-state index is -0.865. The van der Waals surface area contributed by atoms with Crippen molar-refractivity contribution in [3.8, 4) is 0 Å². The van der Waals surface area contributed by atoms with Gasteiger partial charge in [-0.05, 0) is 58.6 Å². The number of carbonyl (C=O) groups excluding carboxylic acids is 1. The molecule has 0 aromatic heterocycles. The Labute approximate surface area is 152 Å². The number of benzene rings is 2. The molecule has 1 N–H and O–H groups in total. The van der Waals surface area contributed by atoms with Crippen LogP contribution in [-0.4, -0.2) is 25.5 Å². The number of nitrogens with zero attached hydrogens (tertiary/aromatic N) is 1. The Morgan fingerprint density at radius 2 is 1.96 bits per heavy atom. The van der Waals surface area contributed by atoms with Gasteiger partial charge in [0.25, 0.3) is 5.91 Å². The average molecular weight is 413 g/mol. The van der Waals surface area contributed by atoms with E-state index < -0.39 is 17.5 Å². The van der Waals surface area contributed by atoms with E-state index in [1.165, 1.54) is 24.3 Å². The van der Waals surface area contributed by atoms with Crippen LogP contribution in [0.4, 0.5) is 18.9 Å². The Hall–Kier alpha value is -2.02. The third-order valence-corrected chi connectivity index (χ3v) is 4.94. The number of hydrogen-bond acceptors (Lipinski definition) is 2. The van der Waals surface area contributed by atoms with Crippen LogP contribution in [0, 0.1) is 23.4 Å². The van der Waals surface area contributed by atoms with E-state index >= 15 is 0 Å². The molecule has 0 spiro atoms. The molecule has 1 aliphatic rings. The topological polar surface area (TPSA) is 32.3 Å². The maximum Gasteiger partial charge on any atom is 0.252 e. The van der Waals surface area contributed by atoms with E-state index in [0.717, 1.165) is 12.5 Å².